The van der Waals surface area contributed by atoms with E-state index < -0.39 is 12.1 Å². The molecule has 0 radical (unpaired) electrons. The minimum Gasteiger partial charge on any atom is -0.333 e. The number of nitrogens with zero attached hydrogens (tertiary/aromatic N) is 4. The van der Waals surface area contributed by atoms with Crippen LogP contribution in [0.1, 0.15) is 26.7 Å². The van der Waals surface area contributed by atoms with E-state index >= 15 is 0 Å². The van der Waals surface area contributed by atoms with Crippen molar-refractivity contribution in [2.24, 2.45) is 0 Å². The van der Waals surface area contributed by atoms with Crippen molar-refractivity contribution in [1.29, 1.82) is 0 Å². The van der Waals surface area contributed by atoms with E-state index in [1.54, 1.807) is 35.5 Å². The van der Waals surface area contributed by atoms with Crippen LogP contribution >= 0.6 is 11.3 Å². The summed E-state index contributed by atoms with van der Waals surface area (Å²) in [7, 11) is 0. The standard InChI is InChI=1S/C16H11F3N4O2S/c17-16(18,19)15-21-13(22-25-15)11-7-10-3-6-23(8-12(10)26-11)14(24)9-1-4-20-5-2-9/h1-2,4-5,7H,3,6,8H2. The smallest absolute Gasteiger partial charge is 0.333 e. The van der Waals surface area contributed by atoms with E-state index in [9.17, 15) is 18.0 Å². The lowest BCUT2D eigenvalue weighted by Crippen LogP contribution is -2.35. The third-order valence-corrected chi connectivity index (χ3v) is 5.14. The molecule has 4 heterocycles. The second kappa shape index (κ2) is 6.20. The number of carbonyl (C=O) groups excluding carboxylic acids is 1. The predicted molar refractivity (Wildman–Crippen MR) is 85.3 cm³/mol. The molecule has 10 heteroatoms. The molecule has 0 atom stereocenters. The van der Waals surface area contributed by atoms with E-state index in [0.29, 0.717) is 30.0 Å². The van der Waals surface area contributed by atoms with Gasteiger partial charge in [0, 0.05) is 29.4 Å². The van der Waals surface area contributed by atoms with Crippen LogP contribution < -0.4 is 0 Å². The summed E-state index contributed by atoms with van der Waals surface area (Å²) in [6.07, 6.45) is -0.941. The Balaban J connectivity index is 1.56. The first-order valence-corrected chi connectivity index (χ1v) is 8.45. The quantitative estimate of drug-likeness (QED) is 0.681. The molecule has 0 spiro atoms. The minimum absolute atomic E-state index is 0.0938. The van der Waals surface area contributed by atoms with Gasteiger partial charge in [-0.05, 0) is 30.2 Å². The Morgan fingerprint density at radius 1 is 1.27 bits per heavy atom. The van der Waals surface area contributed by atoms with E-state index in [2.05, 4.69) is 19.6 Å². The van der Waals surface area contributed by atoms with Crippen LogP contribution in [0.5, 0.6) is 0 Å². The van der Waals surface area contributed by atoms with E-state index in [1.165, 1.54) is 11.3 Å². The molecule has 3 aromatic rings. The monoisotopic (exact) mass is 380 g/mol. The molecule has 1 amide bonds. The summed E-state index contributed by atoms with van der Waals surface area (Å²) in [4.78, 5) is 23.0. The Labute approximate surface area is 149 Å². The highest BCUT2D eigenvalue weighted by atomic mass is 32.1. The third kappa shape index (κ3) is 3.07. The number of hydrogen-bond acceptors (Lipinski definition) is 6. The van der Waals surface area contributed by atoms with Crippen molar-refractivity contribution in [3.8, 4) is 10.7 Å². The Morgan fingerprint density at radius 2 is 2.04 bits per heavy atom. The molecule has 0 saturated heterocycles. The van der Waals surface area contributed by atoms with Crippen LogP contribution in [0.2, 0.25) is 0 Å². The van der Waals surface area contributed by atoms with Crippen LogP contribution in [0.25, 0.3) is 10.7 Å². The van der Waals surface area contributed by atoms with Gasteiger partial charge in [0.2, 0.25) is 5.82 Å². The number of fused-ring (bicyclic) bond motifs is 1. The van der Waals surface area contributed by atoms with Crippen molar-refractivity contribution >= 4 is 17.2 Å². The van der Waals surface area contributed by atoms with E-state index in [4.69, 9.17) is 0 Å². The average molecular weight is 380 g/mol. The Kier molecular flexibility index (Phi) is 3.98. The van der Waals surface area contributed by atoms with Crippen LogP contribution in [0.15, 0.2) is 35.1 Å². The van der Waals surface area contributed by atoms with Crippen molar-refractivity contribution in [3.63, 3.8) is 0 Å². The number of carbonyl (C=O) groups is 1. The molecule has 0 aromatic carbocycles. The normalized spacial score (nSPS) is 14.3. The molecule has 0 unspecified atom stereocenters. The molecule has 26 heavy (non-hydrogen) atoms. The largest absolute Gasteiger partial charge is 0.471 e. The fourth-order valence-electron chi connectivity index (χ4n) is 2.72. The number of halogens is 3. The van der Waals surface area contributed by atoms with Gasteiger partial charge in [0.05, 0.1) is 11.4 Å². The number of pyridine rings is 1. The topological polar surface area (TPSA) is 72.1 Å². The number of alkyl halides is 3. The van der Waals surface area contributed by atoms with Gasteiger partial charge in [0.15, 0.2) is 0 Å². The van der Waals surface area contributed by atoms with Crippen LogP contribution in [-0.2, 0) is 19.1 Å². The molecule has 134 valence electrons. The Bertz CT molecular complexity index is 952. The van der Waals surface area contributed by atoms with Crippen molar-refractivity contribution in [2.45, 2.75) is 19.1 Å². The van der Waals surface area contributed by atoms with Gasteiger partial charge in [0.1, 0.15) is 0 Å². The van der Waals surface area contributed by atoms with Crippen molar-refractivity contribution in [2.75, 3.05) is 6.54 Å². The van der Waals surface area contributed by atoms with E-state index in [0.717, 1.165) is 10.4 Å². The summed E-state index contributed by atoms with van der Waals surface area (Å²) >= 11 is 1.27. The molecule has 6 nitrogen and oxygen atoms in total. The Morgan fingerprint density at radius 3 is 2.73 bits per heavy atom. The minimum atomic E-state index is -4.67. The lowest BCUT2D eigenvalue weighted by Gasteiger charge is -2.26. The van der Waals surface area contributed by atoms with Crippen molar-refractivity contribution in [3.05, 3.63) is 52.5 Å². The maximum Gasteiger partial charge on any atom is 0.471 e. The number of aromatic nitrogens is 3. The second-order valence-corrected chi connectivity index (χ2v) is 6.83. The van der Waals surface area contributed by atoms with Crippen molar-refractivity contribution < 1.29 is 22.5 Å². The van der Waals surface area contributed by atoms with Crippen molar-refractivity contribution in [1.82, 2.24) is 20.0 Å². The lowest BCUT2D eigenvalue weighted by molar-refractivity contribution is -0.159. The summed E-state index contributed by atoms with van der Waals surface area (Å²) < 4.78 is 42.1. The molecular formula is C16H11F3N4O2S. The van der Waals surface area contributed by atoms with E-state index in [-0.39, 0.29) is 11.7 Å². The predicted octanol–water partition coefficient (Wildman–Crippen LogP) is 3.41. The zero-order chi connectivity index (χ0) is 18.3. The van der Waals surface area contributed by atoms with Crippen LogP contribution in [0, 0.1) is 0 Å². The number of amides is 1. The summed E-state index contributed by atoms with van der Waals surface area (Å²) in [6, 6.07) is 5.06. The van der Waals surface area contributed by atoms with Gasteiger partial charge in [-0.2, -0.15) is 18.2 Å². The van der Waals surface area contributed by atoms with Gasteiger partial charge in [-0.3, -0.25) is 9.78 Å². The molecule has 0 bridgehead atoms. The third-order valence-electron chi connectivity index (χ3n) is 3.99. The van der Waals surface area contributed by atoms with E-state index in [1.807, 2.05) is 0 Å². The first kappa shape index (κ1) is 16.7. The highest BCUT2D eigenvalue weighted by Crippen LogP contribution is 2.35. The molecule has 3 aromatic heterocycles. The first-order chi connectivity index (χ1) is 12.4. The SMILES string of the molecule is O=C(c1ccncc1)N1CCc2cc(-c3noc(C(F)(F)F)n3)sc2C1. The fourth-order valence-corrected chi connectivity index (χ4v) is 3.87. The highest BCUT2D eigenvalue weighted by Gasteiger charge is 2.38. The van der Waals surface area contributed by atoms with Gasteiger partial charge < -0.3 is 9.42 Å². The van der Waals surface area contributed by atoms with Gasteiger partial charge in [-0.25, -0.2) is 0 Å². The second-order valence-electron chi connectivity index (χ2n) is 5.69. The zero-order valence-corrected chi connectivity index (χ0v) is 14.0. The van der Waals surface area contributed by atoms with Gasteiger partial charge in [0.25, 0.3) is 5.91 Å². The molecule has 0 fully saturated rings. The van der Waals surface area contributed by atoms with Gasteiger partial charge in [-0.15, -0.1) is 11.3 Å². The first-order valence-electron chi connectivity index (χ1n) is 7.64. The molecule has 4 rings (SSSR count). The molecular weight excluding hydrogens is 369 g/mol. The Hall–Kier alpha value is -2.75. The average Bonchev–Trinajstić information content (AvgIpc) is 3.27. The lowest BCUT2D eigenvalue weighted by atomic mass is 10.1. The summed E-state index contributed by atoms with van der Waals surface area (Å²) in [5.74, 6) is -1.57. The van der Waals surface area contributed by atoms with Crippen LogP contribution in [0.3, 0.4) is 0 Å². The zero-order valence-electron chi connectivity index (χ0n) is 13.2. The van der Waals surface area contributed by atoms with Crippen LogP contribution in [-0.4, -0.2) is 32.5 Å². The highest BCUT2D eigenvalue weighted by molar-refractivity contribution is 7.15. The maximum absolute atomic E-state index is 12.6. The molecule has 0 aliphatic carbocycles. The van der Waals surface area contributed by atoms with Gasteiger partial charge >= 0.3 is 12.1 Å². The molecule has 1 aliphatic heterocycles. The summed E-state index contributed by atoms with van der Waals surface area (Å²) in [5, 5.41) is 3.41. The van der Waals surface area contributed by atoms with Crippen LogP contribution in [0.4, 0.5) is 13.2 Å². The number of thiophene rings is 1. The fraction of sp³-hybridized carbons (Fsp3) is 0.250. The molecule has 0 N–H and O–H groups in total. The summed E-state index contributed by atoms with van der Waals surface area (Å²) in [6.45, 7) is 0.926. The summed E-state index contributed by atoms with van der Waals surface area (Å²) in [5.41, 5.74) is 1.54. The maximum atomic E-state index is 12.6. The number of hydrogen-bond donors (Lipinski definition) is 0. The molecule has 1 aliphatic rings. The number of rotatable bonds is 2. The van der Waals surface area contributed by atoms with Gasteiger partial charge in [-0.1, -0.05) is 5.16 Å². The molecule has 0 saturated carbocycles.